The molecule has 0 atom stereocenters. The maximum absolute atomic E-state index is 10.2. The Morgan fingerprint density at radius 2 is 2.00 bits per heavy atom. The highest BCUT2D eigenvalue weighted by atomic mass is 127. The van der Waals surface area contributed by atoms with E-state index in [9.17, 15) is 5.11 Å². The van der Waals surface area contributed by atoms with Gasteiger partial charge in [-0.15, -0.1) is 10.2 Å². The minimum absolute atomic E-state index is 0.184. The first kappa shape index (κ1) is 13.5. The van der Waals surface area contributed by atoms with E-state index in [1.807, 2.05) is 43.3 Å². The number of aryl methyl sites for hydroxylation is 1. The second-order valence-corrected chi connectivity index (χ2v) is 6.37. The predicted octanol–water partition coefficient (Wildman–Crippen LogP) is 3.61. The summed E-state index contributed by atoms with van der Waals surface area (Å²) in [6.07, 6.45) is 1.97. The number of fused-ring (bicyclic) bond motifs is 2. The molecule has 0 spiro atoms. The van der Waals surface area contributed by atoms with Gasteiger partial charge in [-0.05, 0) is 65.1 Å². The average molecular weight is 401 g/mol. The standard InChI is InChI=1S/C17H12IN3O/c1-9-2-5-14-12(6-9)13(17(22)19-14)7-10-3-4-11-15(8-10)20-21-16(11)18/h2-8,19,22H,1H3. The van der Waals surface area contributed by atoms with Gasteiger partial charge in [0.1, 0.15) is 3.70 Å². The van der Waals surface area contributed by atoms with Gasteiger partial charge < -0.3 is 10.1 Å². The summed E-state index contributed by atoms with van der Waals surface area (Å²) >= 11 is 2.18. The summed E-state index contributed by atoms with van der Waals surface area (Å²) in [5, 5.41) is 21.5. The van der Waals surface area contributed by atoms with Gasteiger partial charge in [0.05, 0.1) is 5.69 Å². The summed E-state index contributed by atoms with van der Waals surface area (Å²) < 4.78 is 0.907. The van der Waals surface area contributed by atoms with Crippen molar-refractivity contribution >= 4 is 49.0 Å². The molecule has 0 fully saturated rings. The summed E-state index contributed by atoms with van der Waals surface area (Å²) in [7, 11) is 0. The molecule has 4 rings (SSSR count). The van der Waals surface area contributed by atoms with E-state index in [4.69, 9.17) is 0 Å². The monoisotopic (exact) mass is 401 g/mol. The van der Waals surface area contributed by atoms with Crippen LogP contribution in [-0.2, 0) is 0 Å². The highest BCUT2D eigenvalue weighted by Gasteiger charge is 2.09. The second-order valence-electron chi connectivity index (χ2n) is 5.35. The molecule has 22 heavy (non-hydrogen) atoms. The van der Waals surface area contributed by atoms with Crippen LogP contribution in [0.25, 0.3) is 20.7 Å². The number of aromatic hydroxyl groups is 1. The predicted molar refractivity (Wildman–Crippen MR) is 95.9 cm³/mol. The lowest BCUT2D eigenvalue weighted by Gasteiger charge is -1.96. The number of benzene rings is 2. The second kappa shape index (κ2) is 4.95. The van der Waals surface area contributed by atoms with Crippen molar-refractivity contribution in [3.05, 3.63) is 58.0 Å². The van der Waals surface area contributed by atoms with Crippen molar-refractivity contribution in [1.29, 1.82) is 0 Å². The van der Waals surface area contributed by atoms with E-state index in [-0.39, 0.29) is 5.88 Å². The molecule has 0 bridgehead atoms. The SMILES string of the molecule is Cc1ccc2[nH]c(O)c(C=c3ccc4c(c3)N=NC=4I)c2c1. The van der Waals surface area contributed by atoms with Gasteiger partial charge in [-0.3, -0.25) is 0 Å². The number of nitrogens with zero attached hydrogens (tertiary/aromatic N) is 2. The fraction of sp³-hybridized carbons (Fsp3) is 0.0588. The number of aromatic nitrogens is 1. The lowest BCUT2D eigenvalue weighted by atomic mass is 10.1. The van der Waals surface area contributed by atoms with E-state index >= 15 is 0 Å². The Balaban J connectivity index is 1.96. The Hall–Kier alpha value is -2.15. The number of hydrogen-bond acceptors (Lipinski definition) is 3. The summed E-state index contributed by atoms with van der Waals surface area (Å²) in [6.45, 7) is 2.04. The van der Waals surface area contributed by atoms with Crippen LogP contribution in [-0.4, -0.2) is 10.1 Å². The van der Waals surface area contributed by atoms with Gasteiger partial charge in [-0.2, -0.15) is 0 Å². The summed E-state index contributed by atoms with van der Waals surface area (Å²) in [4.78, 5) is 3.01. The van der Waals surface area contributed by atoms with E-state index in [0.29, 0.717) is 0 Å². The Morgan fingerprint density at radius 1 is 1.14 bits per heavy atom. The quantitative estimate of drug-likeness (QED) is 0.475. The molecule has 1 aliphatic heterocycles. The van der Waals surface area contributed by atoms with E-state index in [1.165, 1.54) is 0 Å². The number of H-pyrrole nitrogens is 1. The van der Waals surface area contributed by atoms with Crippen molar-refractivity contribution in [2.24, 2.45) is 10.2 Å². The minimum Gasteiger partial charge on any atom is -0.494 e. The first-order chi connectivity index (χ1) is 10.6. The van der Waals surface area contributed by atoms with Crippen molar-refractivity contribution < 1.29 is 5.11 Å². The zero-order valence-electron chi connectivity index (χ0n) is 11.8. The smallest absolute Gasteiger partial charge is 0.196 e. The number of azo groups is 1. The fourth-order valence-corrected chi connectivity index (χ4v) is 3.24. The third-order valence-electron chi connectivity index (χ3n) is 3.77. The molecule has 0 amide bonds. The summed E-state index contributed by atoms with van der Waals surface area (Å²) in [5.74, 6) is 0.184. The Kier molecular flexibility index (Phi) is 3.04. The molecule has 1 aliphatic rings. The molecule has 1 aromatic heterocycles. The molecule has 108 valence electrons. The first-order valence-electron chi connectivity index (χ1n) is 6.86. The van der Waals surface area contributed by atoms with Gasteiger partial charge in [0.15, 0.2) is 5.88 Å². The van der Waals surface area contributed by atoms with Crippen molar-refractivity contribution in [2.75, 3.05) is 0 Å². The third-order valence-corrected chi connectivity index (χ3v) is 4.57. The average Bonchev–Trinajstić information content (AvgIpc) is 3.01. The number of rotatable bonds is 1. The molecule has 2 N–H and O–H groups in total. The molecule has 0 saturated heterocycles. The van der Waals surface area contributed by atoms with Crippen LogP contribution in [0.1, 0.15) is 11.1 Å². The van der Waals surface area contributed by atoms with E-state index in [1.54, 1.807) is 0 Å². The number of nitrogens with one attached hydrogen (secondary N) is 1. The van der Waals surface area contributed by atoms with Gasteiger partial charge in [-0.25, -0.2) is 0 Å². The van der Waals surface area contributed by atoms with Crippen LogP contribution in [0.2, 0.25) is 0 Å². The van der Waals surface area contributed by atoms with Crippen molar-refractivity contribution in [2.45, 2.75) is 6.92 Å². The molecule has 5 heteroatoms. The third kappa shape index (κ3) is 2.12. The molecular weight excluding hydrogens is 389 g/mol. The number of halogens is 1. The number of aromatic amines is 1. The highest BCUT2D eigenvalue weighted by molar-refractivity contribution is 14.1. The Morgan fingerprint density at radius 3 is 2.86 bits per heavy atom. The zero-order chi connectivity index (χ0) is 15.3. The molecule has 0 aliphatic carbocycles. The first-order valence-corrected chi connectivity index (χ1v) is 7.94. The molecule has 0 unspecified atom stereocenters. The largest absolute Gasteiger partial charge is 0.494 e. The van der Waals surface area contributed by atoms with E-state index in [2.05, 4.69) is 43.9 Å². The van der Waals surface area contributed by atoms with Crippen LogP contribution in [0.3, 0.4) is 0 Å². The van der Waals surface area contributed by atoms with Crippen molar-refractivity contribution in [1.82, 2.24) is 4.98 Å². The van der Waals surface area contributed by atoms with Crippen LogP contribution < -0.4 is 10.4 Å². The number of hydrogen-bond donors (Lipinski definition) is 2. The van der Waals surface area contributed by atoms with Gasteiger partial charge in [0.25, 0.3) is 0 Å². The molecule has 4 nitrogen and oxygen atoms in total. The van der Waals surface area contributed by atoms with Gasteiger partial charge in [0, 0.05) is 21.7 Å². The summed E-state index contributed by atoms with van der Waals surface area (Å²) in [5.41, 5.74) is 3.76. The molecule has 3 aromatic rings. The van der Waals surface area contributed by atoms with Crippen LogP contribution in [0.15, 0.2) is 46.6 Å². The van der Waals surface area contributed by atoms with Crippen LogP contribution >= 0.6 is 22.6 Å². The lowest BCUT2D eigenvalue weighted by molar-refractivity contribution is 0.457. The van der Waals surface area contributed by atoms with Crippen LogP contribution in [0.4, 0.5) is 5.69 Å². The van der Waals surface area contributed by atoms with Crippen LogP contribution in [0, 0.1) is 6.92 Å². The van der Waals surface area contributed by atoms with Gasteiger partial charge >= 0.3 is 0 Å². The Bertz CT molecular complexity index is 1060. The summed E-state index contributed by atoms with van der Waals surface area (Å²) in [6, 6.07) is 12.1. The normalized spacial score (nSPS) is 14.1. The lowest BCUT2D eigenvalue weighted by Crippen LogP contribution is -2.07. The fourth-order valence-electron chi connectivity index (χ4n) is 2.67. The minimum atomic E-state index is 0.184. The zero-order valence-corrected chi connectivity index (χ0v) is 13.9. The molecule has 2 aromatic carbocycles. The van der Waals surface area contributed by atoms with Gasteiger partial charge in [0.2, 0.25) is 0 Å². The van der Waals surface area contributed by atoms with E-state index < -0.39 is 0 Å². The highest BCUT2D eigenvalue weighted by Crippen LogP contribution is 2.28. The molecule has 0 saturated carbocycles. The molecular formula is C17H12IN3O. The molecule has 0 radical (unpaired) electrons. The maximum Gasteiger partial charge on any atom is 0.196 e. The van der Waals surface area contributed by atoms with Crippen molar-refractivity contribution in [3.63, 3.8) is 0 Å². The van der Waals surface area contributed by atoms with Gasteiger partial charge in [-0.1, -0.05) is 17.7 Å². The topological polar surface area (TPSA) is 60.7 Å². The van der Waals surface area contributed by atoms with Crippen molar-refractivity contribution in [3.8, 4) is 5.88 Å². The molecule has 2 heterocycles. The Labute approximate surface area is 140 Å². The van der Waals surface area contributed by atoms with E-state index in [0.717, 1.165) is 41.9 Å². The maximum atomic E-state index is 10.2. The van der Waals surface area contributed by atoms with Crippen LogP contribution in [0.5, 0.6) is 5.88 Å².